The van der Waals surface area contributed by atoms with Crippen molar-refractivity contribution < 1.29 is 4.39 Å². The van der Waals surface area contributed by atoms with Crippen LogP contribution >= 0.6 is 43.2 Å². The van der Waals surface area contributed by atoms with Gasteiger partial charge >= 0.3 is 0 Å². The molecule has 5 heteroatoms. The number of hydrogen-bond acceptors (Lipinski definition) is 2. The molecule has 1 unspecified atom stereocenters. The summed E-state index contributed by atoms with van der Waals surface area (Å²) in [5, 5.41) is 1.98. The SMILES string of the molecule is NC(Cc1cc(Br)ccc1F)c1cc(Br)cs1. The molecule has 0 saturated carbocycles. The molecule has 0 fully saturated rings. The minimum absolute atomic E-state index is 0.171. The smallest absolute Gasteiger partial charge is 0.126 e. The molecule has 2 N–H and O–H groups in total. The Morgan fingerprint density at radius 2 is 2.00 bits per heavy atom. The molecule has 0 spiro atoms. The van der Waals surface area contributed by atoms with E-state index in [4.69, 9.17) is 5.73 Å². The highest BCUT2D eigenvalue weighted by atomic mass is 79.9. The van der Waals surface area contributed by atoms with Crippen LogP contribution in [0.25, 0.3) is 0 Å². The second kappa shape index (κ2) is 5.61. The summed E-state index contributed by atoms with van der Waals surface area (Å²) in [6, 6.07) is 6.72. The fourth-order valence-electron chi connectivity index (χ4n) is 1.56. The fraction of sp³-hybridized carbons (Fsp3) is 0.167. The molecule has 1 aromatic carbocycles. The first-order valence-electron chi connectivity index (χ1n) is 4.99. The Morgan fingerprint density at radius 1 is 1.24 bits per heavy atom. The van der Waals surface area contributed by atoms with Crippen LogP contribution in [-0.4, -0.2) is 0 Å². The Bertz CT molecular complexity index is 527. The van der Waals surface area contributed by atoms with Crippen molar-refractivity contribution >= 4 is 43.2 Å². The lowest BCUT2D eigenvalue weighted by Gasteiger charge is -2.10. The van der Waals surface area contributed by atoms with Gasteiger partial charge in [-0.1, -0.05) is 15.9 Å². The highest BCUT2D eigenvalue weighted by molar-refractivity contribution is 9.10. The quantitative estimate of drug-likeness (QED) is 0.826. The number of hydrogen-bond donors (Lipinski definition) is 1. The highest BCUT2D eigenvalue weighted by Crippen LogP contribution is 2.27. The molecular formula is C12H10Br2FNS. The zero-order valence-corrected chi connectivity index (χ0v) is 12.8. The molecule has 90 valence electrons. The second-order valence-corrected chi connectivity index (χ2v) is 6.49. The van der Waals surface area contributed by atoms with Gasteiger partial charge in [0.2, 0.25) is 0 Å². The van der Waals surface area contributed by atoms with Crippen molar-refractivity contribution in [3.05, 3.63) is 54.8 Å². The van der Waals surface area contributed by atoms with Crippen LogP contribution in [0.1, 0.15) is 16.5 Å². The van der Waals surface area contributed by atoms with Crippen LogP contribution in [0, 0.1) is 5.82 Å². The van der Waals surface area contributed by atoms with Crippen LogP contribution < -0.4 is 5.73 Å². The number of halogens is 3. The van der Waals surface area contributed by atoms with Crippen LogP contribution in [0.4, 0.5) is 4.39 Å². The first-order valence-corrected chi connectivity index (χ1v) is 7.46. The van der Waals surface area contributed by atoms with Crippen molar-refractivity contribution in [1.82, 2.24) is 0 Å². The number of nitrogens with two attached hydrogens (primary N) is 1. The van der Waals surface area contributed by atoms with Crippen LogP contribution in [0.5, 0.6) is 0 Å². The highest BCUT2D eigenvalue weighted by Gasteiger charge is 2.12. The summed E-state index contributed by atoms with van der Waals surface area (Å²) in [6.07, 6.45) is 0.498. The molecule has 1 atom stereocenters. The second-order valence-electron chi connectivity index (χ2n) is 3.71. The first-order chi connectivity index (χ1) is 8.06. The van der Waals surface area contributed by atoms with Gasteiger partial charge < -0.3 is 5.73 Å². The van der Waals surface area contributed by atoms with E-state index in [1.807, 2.05) is 11.4 Å². The van der Waals surface area contributed by atoms with Crippen LogP contribution in [0.3, 0.4) is 0 Å². The predicted molar refractivity (Wildman–Crippen MR) is 76.8 cm³/mol. The molecule has 2 rings (SSSR count). The van der Waals surface area contributed by atoms with E-state index in [9.17, 15) is 4.39 Å². The Hall–Kier alpha value is -0.230. The third-order valence-corrected chi connectivity index (χ3v) is 4.72. The van der Waals surface area contributed by atoms with Gasteiger partial charge in [-0.15, -0.1) is 11.3 Å². The molecule has 0 aliphatic carbocycles. The van der Waals surface area contributed by atoms with Gasteiger partial charge in [0.25, 0.3) is 0 Å². The monoisotopic (exact) mass is 377 g/mol. The van der Waals surface area contributed by atoms with Gasteiger partial charge in [0.1, 0.15) is 5.82 Å². The summed E-state index contributed by atoms with van der Waals surface area (Å²) in [7, 11) is 0. The van der Waals surface area contributed by atoms with Crippen molar-refractivity contribution in [3.8, 4) is 0 Å². The van der Waals surface area contributed by atoms with Crippen molar-refractivity contribution in [3.63, 3.8) is 0 Å². The molecule has 0 bridgehead atoms. The maximum absolute atomic E-state index is 13.6. The molecule has 1 aromatic heterocycles. The zero-order valence-electron chi connectivity index (χ0n) is 8.79. The summed E-state index contributed by atoms with van der Waals surface area (Å²) >= 11 is 8.30. The first kappa shape index (κ1) is 13.2. The molecule has 17 heavy (non-hydrogen) atoms. The van der Waals surface area contributed by atoms with E-state index in [0.717, 1.165) is 13.8 Å². The van der Waals surface area contributed by atoms with Crippen LogP contribution in [0.15, 0.2) is 38.6 Å². The van der Waals surface area contributed by atoms with E-state index >= 15 is 0 Å². The Labute approximate surface area is 120 Å². The van der Waals surface area contributed by atoms with Gasteiger partial charge in [-0.3, -0.25) is 0 Å². The molecule has 0 aliphatic heterocycles. The van der Waals surface area contributed by atoms with Crippen LogP contribution in [0.2, 0.25) is 0 Å². The Kier molecular flexibility index (Phi) is 4.36. The number of rotatable bonds is 3. The zero-order chi connectivity index (χ0) is 12.4. The van der Waals surface area contributed by atoms with E-state index < -0.39 is 0 Å². The van der Waals surface area contributed by atoms with Gasteiger partial charge in [-0.05, 0) is 52.2 Å². The van der Waals surface area contributed by atoms with Crippen molar-refractivity contribution in [2.75, 3.05) is 0 Å². The molecule has 2 aromatic rings. The van der Waals surface area contributed by atoms with E-state index in [0.29, 0.717) is 12.0 Å². The minimum atomic E-state index is -0.209. The van der Waals surface area contributed by atoms with E-state index in [-0.39, 0.29) is 11.9 Å². The molecule has 0 radical (unpaired) electrons. The molecule has 0 amide bonds. The standard InChI is InChI=1S/C12H10Br2FNS/c13-8-1-2-10(15)7(3-8)4-11(16)12-5-9(14)6-17-12/h1-3,5-6,11H,4,16H2. The molecule has 0 saturated heterocycles. The summed E-state index contributed by atoms with van der Waals surface area (Å²) in [4.78, 5) is 1.05. The third kappa shape index (κ3) is 3.37. The average molecular weight is 379 g/mol. The van der Waals surface area contributed by atoms with E-state index in [2.05, 4.69) is 31.9 Å². The Morgan fingerprint density at radius 3 is 2.65 bits per heavy atom. The molecular weight excluding hydrogens is 369 g/mol. The molecule has 0 aliphatic rings. The van der Waals surface area contributed by atoms with Crippen molar-refractivity contribution in [1.29, 1.82) is 0 Å². The summed E-state index contributed by atoms with van der Waals surface area (Å²) in [5.41, 5.74) is 6.70. The van der Waals surface area contributed by atoms with Gasteiger partial charge in [0.05, 0.1) is 0 Å². The largest absolute Gasteiger partial charge is 0.323 e. The lowest BCUT2D eigenvalue weighted by atomic mass is 10.1. The summed E-state index contributed by atoms with van der Waals surface area (Å²) in [6.45, 7) is 0. The van der Waals surface area contributed by atoms with Crippen molar-refractivity contribution in [2.45, 2.75) is 12.5 Å². The van der Waals surface area contributed by atoms with Gasteiger partial charge in [-0.25, -0.2) is 4.39 Å². The predicted octanol–water partition coefficient (Wildman–Crippen LogP) is 4.65. The van der Waals surface area contributed by atoms with E-state index in [1.54, 1.807) is 23.5 Å². The lowest BCUT2D eigenvalue weighted by Crippen LogP contribution is -2.12. The lowest BCUT2D eigenvalue weighted by molar-refractivity contribution is 0.594. The summed E-state index contributed by atoms with van der Waals surface area (Å²) < 4.78 is 15.5. The van der Waals surface area contributed by atoms with Crippen LogP contribution in [-0.2, 0) is 6.42 Å². The van der Waals surface area contributed by atoms with Gasteiger partial charge in [0.15, 0.2) is 0 Å². The van der Waals surface area contributed by atoms with Crippen molar-refractivity contribution in [2.24, 2.45) is 5.73 Å². The topological polar surface area (TPSA) is 26.0 Å². The normalized spacial score (nSPS) is 12.7. The number of benzene rings is 1. The summed E-state index contributed by atoms with van der Waals surface area (Å²) in [5.74, 6) is -0.209. The van der Waals surface area contributed by atoms with E-state index in [1.165, 1.54) is 6.07 Å². The molecule has 1 heterocycles. The Balaban J connectivity index is 2.18. The maximum atomic E-state index is 13.6. The fourth-order valence-corrected chi connectivity index (χ4v) is 3.42. The van der Waals surface area contributed by atoms with Gasteiger partial charge in [-0.2, -0.15) is 0 Å². The molecule has 1 nitrogen and oxygen atoms in total. The number of thiophene rings is 1. The van der Waals surface area contributed by atoms with Gasteiger partial charge in [0, 0.05) is 25.2 Å². The average Bonchev–Trinajstić information content (AvgIpc) is 2.70. The minimum Gasteiger partial charge on any atom is -0.323 e. The maximum Gasteiger partial charge on any atom is 0.126 e. The third-order valence-electron chi connectivity index (χ3n) is 2.40.